The summed E-state index contributed by atoms with van der Waals surface area (Å²) in [6.45, 7) is 0. The van der Waals surface area contributed by atoms with Gasteiger partial charge in [0.2, 0.25) is 0 Å². The van der Waals surface area contributed by atoms with Crippen LogP contribution in [0.4, 0.5) is 0 Å². The van der Waals surface area contributed by atoms with Gasteiger partial charge in [-0.15, -0.1) is 0 Å². The first kappa shape index (κ1) is 12.3. The summed E-state index contributed by atoms with van der Waals surface area (Å²) in [5.74, 6) is 3.31. The number of unbranched alkanes of at least 4 members (excludes halogenated alkanes) is 1. The van der Waals surface area contributed by atoms with Gasteiger partial charge in [0.15, 0.2) is 0 Å². The number of hydrogen-bond donors (Lipinski definition) is 1. The Bertz CT molecular complexity index is 246. The van der Waals surface area contributed by atoms with Crippen molar-refractivity contribution in [3.63, 3.8) is 0 Å². The molecule has 0 amide bonds. The van der Waals surface area contributed by atoms with E-state index in [0.717, 1.165) is 16.5 Å². The van der Waals surface area contributed by atoms with Gasteiger partial charge >= 0.3 is 0 Å². The number of benzene rings is 1. The maximum atomic E-state index is 5.80. The van der Waals surface area contributed by atoms with E-state index in [1.807, 2.05) is 23.9 Å². The van der Waals surface area contributed by atoms with Crippen LogP contribution in [0.15, 0.2) is 24.3 Å². The van der Waals surface area contributed by atoms with Crippen LogP contribution in [0.1, 0.15) is 18.4 Å². The van der Waals surface area contributed by atoms with Crippen LogP contribution in [0.2, 0.25) is 5.02 Å². The van der Waals surface area contributed by atoms with Crippen molar-refractivity contribution in [2.45, 2.75) is 18.6 Å². The summed E-state index contributed by atoms with van der Waals surface area (Å²) in [5, 5.41) is 0.814. The topological polar surface area (TPSA) is 0 Å². The van der Waals surface area contributed by atoms with Gasteiger partial charge in [-0.1, -0.05) is 23.7 Å². The van der Waals surface area contributed by atoms with Crippen molar-refractivity contribution in [1.29, 1.82) is 0 Å². The molecule has 1 aromatic carbocycles. The van der Waals surface area contributed by atoms with Gasteiger partial charge in [0.25, 0.3) is 0 Å². The molecule has 14 heavy (non-hydrogen) atoms. The van der Waals surface area contributed by atoms with Crippen molar-refractivity contribution in [2.24, 2.45) is 0 Å². The minimum atomic E-state index is 0.814. The van der Waals surface area contributed by atoms with Gasteiger partial charge in [-0.3, -0.25) is 0 Å². The van der Waals surface area contributed by atoms with E-state index >= 15 is 0 Å². The fourth-order valence-corrected chi connectivity index (χ4v) is 2.42. The third-order valence-electron chi connectivity index (χ3n) is 1.88. The smallest absolute Gasteiger partial charge is 0.0406 e. The summed E-state index contributed by atoms with van der Waals surface area (Å²) in [7, 11) is 0. The molecule has 1 rings (SSSR count). The first-order valence-corrected chi connectivity index (χ1v) is 6.92. The normalized spacial score (nSPS) is 10.4. The van der Waals surface area contributed by atoms with Gasteiger partial charge < -0.3 is 0 Å². The summed E-state index contributed by atoms with van der Waals surface area (Å²) in [5.41, 5.74) is 1.35. The van der Waals surface area contributed by atoms with Gasteiger partial charge in [0.05, 0.1) is 0 Å². The molecule has 0 N–H and O–H groups in total. The highest BCUT2D eigenvalue weighted by atomic mass is 35.5. The number of halogens is 1. The van der Waals surface area contributed by atoms with E-state index in [-0.39, 0.29) is 0 Å². The van der Waals surface area contributed by atoms with Gasteiger partial charge in [-0.2, -0.15) is 24.4 Å². The van der Waals surface area contributed by atoms with E-state index in [1.54, 1.807) is 0 Å². The lowest BCUT2D eigenvalue weighted by atomic mass is 10.2. The lowest BCUT2D eigenvalue weighted by molar-refractivity contribution is 0.909. The second-order valence-electron chi connectivity index (χ2n) is 3.11. The Labute approximate surface area is 101 Å². The van der Waals surface area contributed by atoms with E-state index in [1.165, 1.54) is 24.2 Å². The average Bonchev–Trinajstić information content (AvgIpc) is 2.21. The molecule has 0 aliphatic rings. The van der Waals surface area contributed by atoms with Gasteiger partial charge in [-0.25, -0.2) is 0 Å². The second kappa shape index (κ2) is 7.49. The van der Waals surface area contributed by atoms with Crippen molar-refractivity contribution in [3.05, 3.63) is 34.9 Å². The maximum absolute atomic E-state index is 5.80. The molecule has 0 heterocycles. The zero-order valence-electron chi connectivity index (χ0n) is 8.08. The Hall–Kier alpha value is 0.210. The molecule has 0 fully saturated rings. The quantitative estimate of drug-likeness (QED) is 0.577. The summed E-state index contributed by atoms with van der Waals surface area (Å²) in [4.78, 5) is 0. The molecule has 0 aliphatic heterocycles. The Kier molecular flexibility index (Phi) is 6.57. The SMILES string of the molecule is SCCCCSCc1ccc(Cl)cc1. The summed E-state index contributed by atoms with van der Waals surface area (Å²) in [6, 6.07) is 8.08. The molecule has 0 spiro atoms. The third-order valence-corrected chi connectivity index (χ3v) is 3.56. The first-order chi connectivity index (χ1) is 6.83. The highest BCUT2D eigenvalue weighted by molar-refractivity contribution is 7.98. The minimum absolute atomic E-state index is 0.814. The van der Waals surface area contributed by atoms with Crippen LogP contribution in [0.3, 0.4) is 0 Å². The van der Waals surface area contributed by atoms with Gasteiger partial charge in [0.1, 0.15) is 0 Å². The minimum Gasteiger partial charge on any atom is -0.179 e. The maximum Gasteiger partial charge on any atom is 0.0406 e. The molecular weight excluding hydrogens is 232 g/mol. The van der Waals surface area contributed by atoms with Crippen molar-refractivity contribution in [2.75, 3.05) is 11.5 Å². The highest BCUT2D eigenvalue weighted by Crippen LogP contribution is 2.16. The fourth-order valence-electron chi connectivity index (χ4n) is 1.09. The van der Waals surface area contributed by atoms with E-state index in [9.17, 15) is 0 Å². The first-order valence-electron chi connectivity index (χ1n) is 4.76. The lowest BCUT2D eigenvalue weighted by Gasteiger charge is -2.01. The standard InChI is InChI=1S/C11H15ClS2/c12-11-5-3-10(4-6-11)9-14-8-2-1-7-13/h3-6,13H,1-2,7-9H2. The van der Waals surface area contributed by atoms with Crippen molar-refractivity contribution < 1.29 is 0 Å². The zero-order valence-corrected chi connectivity index (χ0v) is 10.5. The molecule has 0 aromatic heterocycles. The summed E-state index contributed by atoms with van der Waals surface area (Å²) in [6.07, 6.45) is 2.48. The van der Waals surface area contributed by atoms with E-state index in [0.29, 0.717) is 0 Å². The Morgan fingerprint density at radius 2 is 1.86 bits per heavy atom. The van der Waals surface area contributed by atoms with Crippen LogP contribution in [0.5, 0.6) is 0 Å². The Morgan fingerprint density at radius 1 is 1.14 bits per heavy atom. The van der Waals surface area contributed by atoms with Gasteiger partial charge in [-0.05, 0) is 42.0 Å². The van der Waals surface area contributed by atoms with Crippen LogP contribution >= 0.6 is 36.0 Å². The number of thioether (sulfide) groups is 1. The molecule has 0 saturated carbocycles. The zero-order chi connectivity index (χ0) is 10.2. The van der Waals surface area contributed by atoms with Crippen LogP contribution in [0, 0.1) is 0 Å². The summed E-state index contributed by atoms with van der Waals surface area (Å²) >= 11 is 12.0. The van der Waals surface area contributed by atoms with Crippen LogP contribution < -0.4 is 0 Å². The third kappa shape index (κ3) is 5.18. The summed E-state index contributed by atoms with van der Waals surface area (Å²) < 4.78 is 0. The van der Waals surface area contributed by atoms with Crippen LogP contribution in [-0.4, -0.2) is 11.5 Å². The monoisotopic (exact) mass is 246 g/mol. The van der Waals surface area contributed by atoms with E-state index < -0.39 is 0 Å². The Balaban J connectivity index is 2.15. The molecule has 1 aromatic rings. The van der Waals surface area contributed by atoms with Crippen LogP contribution in [0.25, 0.3) is 0 Å². The fraction of sp³-hybridized carbons (Fsp3) is 0.455. The predicted octanol–water partition coefficient (Wildman–Crippen LogP) is 4.28. The highest BCUT2D eigenvalue weighted by Gasteiger charge is 1.93. The van der Waals surface area contributed by atoms with Crippen molar-refractivity contribution >= 4 is 36.0 Å². The Morgan fingerprint density at radius 3 is 2.50 bits per heavy atom. The molecule has 0 atom stereocenters. The molecule has 78 valence electrons. The average molecular weight is 247 g/mol. The largest absolute Gasteiger partial charge is 0.179 e. The number of hydrogen-bond acceptors (Lipinski definition) is 2. The van der Waals surface area contributed by atoms with E-state index in [4.69, 9.17) is 11.6 Å². The van der Waals surface area contributed by atoms with Crippen molar-refractivity contribution in [3.8, 4) is 0 Å². The lowest BCUT2D eigenvalue weighted by Crippen LogP contribution is -1.84. The molecule has 0 nitrogen and oxygen atoms in total. The molecule has 3 heteroatoms. The molecular formula is C11H15ClS2. The molecule has 0 aliphatic carbocycles. The predicted molar refractivity (Wildman–Crippen MR) is 70.7 cm³/mol. The molecule has 0 radical (unpaired) electrons. The van der Waals surface area contributed by atoms with Crippen LogP contribution in [-0.2, 0) is 5.75 Å². The molecule has 0 bridgehead atoms. The second-order valence-corrected chi connectivity index (χ2v) is 5.10. The van der Waals surface area contributed by atoms with Crippen molar-refractivity contribution in [1.82, 2.24) is 0 Å². The number of thiol groups is 1. The molecule has 0 saturated heterocycles. The molecule has 0 unspecified atom stereocenters. The van der Waals surface area contributed by atoms with Gasteiger partial charge in [0, 0.05) is 10.8 Å². The number of rotatable bonds is 6. The van der Waals surface area contributed by atoms with E-state index in [2.05, 4.69) is 24.8 Å².